The summed E-state index contributed by atoms with van der Waals surface area (Å²) < 4.78 is 5.26. The fourth-order valence-electron chi connectivity index (χ4n) is 4.06. The Morgan fingerprint density at radius 2 is 1.88 bits per heavy atom. The summed E-state index contributed by atoms with van der Waals surface area (Å²) in [5.41, 5.74) is 2.82. The number of hydrogen-bond donors (Lipinski definition) is 1. The number of ether oxygens (including phenoxy) is 1. The molecule has 0 bridgehead atoms. The zero-order valence-electron chi connectivity index (χ0n) is 20.0. The van der Waals surface area contributed by atoms with Crippen LogP contribution in [-0.2, 0) is 14.3 Å². The molecule has 2 aromatic rings. The van der Waals surface area contributed by atoms with Crippen molar-refractivity contribution in [2.45, 2.75) is 45.8 Å². The summed E-state index contributed by atoms with van der Waals surface area (Å²) in [6.45, 7) is 8.76. The Hall–Kier alpha value is -3.52. The van der Waals surface area contributed by atoms with Crippen LogP contribution in [0.3, 0.4) is 0 Å². The lowest BCUT2D eigenvalue weighted by Gasteiger charge is -2.32. The predicted molar refractivity (Wildman–Crippen MR) is 131 cm³/mol. The number of piperazine rings is 1. The molecule has 2 aromatic carbocycles. The number of hydrogen-bond acceptors (Lipinski definition) is 6. The molecule has 1 unspecified atom stereocenters. The summed E-state index contributed by atoms with van der Waals surface area (Å²) in [5.74, 6) is -0.487. The van der Waals surface area contributed by atoms with E-state index in [2.05, 4.69) is 5.32 Å². The topological polar surface area (TPSA) is 102 Å². The van der Waals surface area contributed by atoms with Gasteiger partial charge in [0.1, 0.15) is 6.04 Å². The van der Waals surface area contributed by atoms with E-state index in [1.165, 1.54) is 12.1 Å². The van der Waals surface area contributed by atoms with Gasteiger partial charge in [-0.3, -0.25) is 19.7 Å². The smallest absolute Gasteiger partial charge is 0.325 e. The van der Waals surface area contributed by atoms with Crippen molar-refractivity contribution in [3.05, 3.63) is 69.8 Å². The zero-order chi connectivity index (χ0) is 24.8. The number of benzene rings is 2. The van der Waals surface area contributed by atoms with Gasteiger partial charge in [0.15, 0.2) is 0 Å². The second-order valence-electron chi connectivity index (χ2n) is 8.85. The molecule has 180 valence electrons. The van der Waals surface area contributed by atoms with Crippen molar-refractivity contribution < 1.29 is 19.2 Å². The third-order valence-corrected chi connectivity index (χ3v) is 5.65. The summed E-state index contributed by atoms with van der Waals surface area (Å²) in [6, 6.07) is 11.9. The number of nitrogens with one attached hydrogen (secondary N) is 1. The molecule has 8 nitrogen and oxygen atoms in total. The second kappa shape index (κ2) is 11.1. The zero-order valence-corrected chi connectivity index (χ0v) is 20.0. The van der Waals surface area contributed by atoms with Crippen LogP contribution in [0.1, 0.15) is 44.7 Å². The maximum Gasteiger partial charge on any atom is 0.325 e. The number of carbonyl (C=O) groups excluding carboxylic acids is 2. The number of carbonyl (C=O) groups is 2. The van der Waals surface area contributed by atoms with E-state index in [4.69, 9.17) is 4.74 Å². The van der Waals surface area contributed by atoms with Crippen LogP contribution in [0, 0.1) is 10.1 Å². The molecule has 1 saturated heterocycles. The maximum atomic E-state index is 12.9. The molecule has 0 aliphatic carbocycles. The molecule has 0 spiro atoms. The van der Waals surface area contributed by atoms with Crippen molar-refractivity contribution >= 4 is 23.6 Å². The predicted octanol–water partition coefficient (Wildman–Crippen LogP) is 4.15. The minimum Gasteiger partial charge on any atom is -0.462 e. The minimum absolute atomic E-state index is 0.0126. The second-order valence-corrected chi connectivity index (χ2v) is 8.85. The first kappa shape index (κ1) is 25.1. The normalized spacial score (nSPS) is 16.3. The van der Waals surface area contributed by atoms with Gasteiger partial charge in [0.25, 0.3) is 5.69 Å². The maximum absolute atomic E-state index is 12.9. The summed E-state index contributed by atoms with van der Waals surface area (Å²) in [7, 11) is 0. The Labute approximate surface area is 199 Å². The fraction of sp³-hybridized carbons (Fsp3) is 0.385. The average molecular weight is 466 g/mol. The highest BCUT2D eigenvalue weighted by Gasteiger charge is 2.29. The van der Waals surface area contributed by atoms with Gasteiger partial charge in [0.05, 0.1) is 16.6 Å². The van der Waals surface area contributed by atoms with Crippen molar-refractivity contribution in [1.29, 1.82) is 0 Å². The van der Waals surface area contributed by atoms with Crippen molar-refractivity contribution in [3.8, 4) is 11.1 Å². The molecule has 1 atom stereocenters. The largest absolute Gasteiger partial charge is 0.462 e. The Kier molecular flexibility index (Phi) is 8.17. The molecule has 8 heteroatoms. The third-order valence-electron chi connectivity index (χ3n) is 5.65. The molecule has 1 fully saturated rings. The van der Waals surface area contributed by atoms with E-state index in [9.17, 15) is 19.7 Å². The van der Waals surface area contributed by atoms with Crippen LogP contribution in [0.5, 0.6) is 0 Å². The van der Waals surface area contributed by atoms with Crippen molar-refractivity contribution in [1.82, 2.24) is 10.2 Å². The lowest BCUT2D eigenvalue weighted by molar-refractivity contribution is -0.384. The van der Waals surface area contributed by atoms with Crippen LogP contribution in [0.25, 0.3) is 17.2 Å². The van der Waals surface area contributed by atoms with Gasteiger partial charge < -0.3 is 15.0 Å². The lowest BCUT2D eigenvalue weighted by Crippen LogP contribution is -2.56. The SMILES string of the molecule is CC(C)OC(=O)C1CN(C(=O)/C=C/c2cccc([N+](=O)[O-])c2-c2ccccc2C(C)C)CCN1. The molecule has 1 aliphatic rings. The number of esters is 1. The third kappa shape index (κ3) is 5.88. The Bertz CT molecular complexity index is 1090. The molecule has 0 radical (unpaired) electrons. The molecule has 1 heterocycles. The van der Waals surface area contributed by atoms with E-state index in [0.29, 0.717) is 24.2 Å². The molecule has 1 aliphatic heterocycles. The first-order chi connectivity index (χ1) is 16.2. The lowest BCUT2D eigenvalue weighted by atomic mass is 9.89. The fourth-order valence-corrected chi connectivity index (χ4v) is 4.06. The van der Waals surface area contributed by atoms with Gasteiger partial charge >= 0.3 is 5.97 Å². The molecule has 0 aromatic heterocycles. The van der Waals surface area contributed by atoms with Crippen LogP contribution in [-0.4, -0.2) is 53.5 Å². The van der Waals surface area contributed by atoms with Gasteiger partial charge in [0.2, 0.25) is 5.91 Å². The Balaban J connectivity index is 1.91. The summed E-state index contributed by atoms with van der Waals surface area (Å²) >= 11 is 0. The van der Waals surface area contributed by atoms with Gasteiger partial charge in [-0.15, -0.1) is 0 Å². The minimum atomic E-state index is -0.584. The molecular formula is C26H31N3O5. The number of nitrogens with zero attached hydrogens (tertiary/aromatic N) is 2. The van der Waals surface area contributed by atoms with Crippen LogP contribution < -0.4 is 5.32 Å². The van der Waals surface area contributed by atoms with Crippen LogP contribution in [0.2, 0.25) is 0 Å². The van der Waals surface area contributed by atoms with Gasteiger partial charge in [0, 0.05) is 31.8 Å². The standard InChI is InChI=1S/C26H31N3O5/c1-17(2)20-9-5-6-10-21(20)25-19(8-7-11-23(25)29(32)33)12-13-24(30)28-15-14-27-22(16-28)26(31)34-18(3)4/h5-13,17-18,22,27H,14-16H2,1-4H3/b13-12+. The van der Waals surface area contributed by atoms with Gasteiger partial charge in [-0.05, 0) is 42.5 Å². The monoisotopic (exact) mass is 465 g/mol. The van der Waals surface area contributed by atoms with E-state index >= 15 is 0 Å². The summed E-state index contributed by atoms with van der Waals surface area (Å²) in [6.07, 6.45) is 2.79. The Morgan fingerprint density at radius 1 is 1.15 bits per heavy atom. The van der Waals surface area contributed by atoms with Crippen molar-refractivity contribution in [2.24, 2.45) is 0 Å². The van der Waals surface area contributed by atoms with Gasteiger partial charge in [-0.2, -0.15) is 0 Å². The summed E-state index contributed by atoms with van der Waals surface area (Å²) in [5, 5.41) is 14.9. The van der Waals surface area contributed by atoms with Crippen LogP contribution in [0.4, 0.5) is 5.69 Å². The average Bonchev–Trinajstić information content (AvgIpc) is 2.81. The Morgan fingerprint density at radius 3 is 2.56 bits per heavy atom. The first-order valence-electron chi connectivity index (χ1n) is 11.5. The molecular weight excluding hydrogens is 434 g/mol. The highest BCUT2D eigenvalue weighted by atomic mass is 16.6. The van der Waals surface area contributed by atoms with Crippen LogP contribution >= 0.6 is 0 Å². The van der Waals surface area contributed by atoms with E-state index in [1.54, 1.807) is 37.0 Å². The number of nitro benzene ring substituents is 1. The highest BCUT2D eigenvalue weighted by Crippen LogP contribution is 2.38. The van der Waals surface area contributed by atoms with E-state index in [1.807, 2.05) is 38.1 Å². The quantitative estimate of drug-likeness (QED) is 0.285. The van der Waals surface area contributed by atoms with Crippen molar-refractivity contribution in [2.75, 3.05) is 19.6 Å². The number of amides is 1. The summed E-state index contributed by atoms with van der Waals surface area (Å²) in [4.78, 5) is 38.2. The van der Waals surface area contributed by atoms with E-state index < -0.39 is 11.0 Å². The van der Waals surface area contributed by atoms with E-state index in [0.717, 1.165) is 11.1 Å². The molecule has 3 rings (SSSR count). The first-order valence-corrected chi connectivity index (χ1v) is 11.5. The van der Waals surface area contributed by atoms with Crippen molar-refractivity contribution in [3.63, 3.8) is 0 Å². The van der Waals surface area contributed by atoms with E-state index in [-0.39, 0.29) is 36.1 Å². The van der Waals surface area contributed by atoms with Gasteiger partial charge in [-0.25, -0.2) is 0 Å². The number of rotatable bonds is 7. The molecule has 34 heavy (non-hydrogen) atoms. The van der Waals surface area contributed by atoms with Gasteiger partial charge in [-0.1, -0.05) is 50.2 Å². The highest BCUT2D eigenvalue weighted by molar-refractivity contribution is 5.95. The molecule has 1 amide bonds. The van der Waals surface area contributed by atoms with Crippen LogP contribution in [0.15, 0.2) is 48.5 Å². The number of nitro groups is 1. The molecule has 0 saturated carbocycles. The molecule has 1 N–H and O–H groups in total.